The van der Waals surface area contributed by atoms with Gasteiger partial charge in [0.15, 0.2) is 11.7 Å². The summed E-state index contributed by atoms with van der Waals surface area (Å²) in [5.41, 5.74) is 2.75. The van der Waals surface area contributed by atoms with Crippen LogP contribution in [0, 0.1) is 10.8 Å². The van der Waals surface area contributed by atoms with Crippen molar-refractivity contribution >= 4 is 17.4 Å². The van der Waals surface area contributed by atoms with E-state index in [2.05, 4.69) is 26.8 Å². The Labute approximate surface area is 176 Å². The van der Waals surface area contributed by atoms with Crippen LogP contribution in [0.4, 0.5) is 0 Å². The van der Waals surface area contributed by atoms with E-state index in [1.165, 1.54) is 0 Å². The number of aromatic nitrogens is 3. The van der Waals surface area contributed by atoms with Crippen LogP contribution in [0.5, 0.6) is 5.88 Å². The molecule has 1 aliphatic carbocycles. The minimum Gasteiger partial charge on any atom is -0.476 e. The van der Waals surface area contributed by atoms with Gasteiger partial charge in [-0.25, -0.2) is 15.0 Å². The average Bonchev–Trinajstić information content (AvgIpc) is 3.54. The zero-order valence-electron chi connectivity index (χ0n) is 17.6. The molecule has 8 heteroatoms. The van der Waals surface area contributed by atoms with Crippen LogP contribution in [-0.4, -0.2) is 46.5 Å². The Morgan fingerprint density at radius 1 is 1.23 bits per heavy atom. The third kappa shape index (κ3) is 4.64. The van der Waals surface area contributed by atoms with Crippen LogP contribution in [0.1, 0.15) is 45.0 Å². The summed E-state index contributed by atoms with van der Waals surface area (Å²) in [4.78, 5) is 25.0. The fourth-order valence-corrected chi connectivity index (χ4v) is 3.00. The highest BCUT2D eigenvalue weighted by Crippen LogP contribution is 2.47. The maximum Gasteiger partial charge on any atom is 0.315 e. The fraction of sp³-hybridized carbons (Fsp3) is 0.409. The lowest BCUT2D eigenvalue weighted by Crippen LogP contribution is -2.26. The molecule has 2 N–H and O–H groups in total. The Hall–Kier alpha value is -3.29. The number of nitrogens with one attached hydrogen (secondary N) is 2. The molecule has 3 rings (SSSR count). The van der Waals surface area contributed by atoms with E-state index in [-0.39, 0.29) is 18.4 Å². The number of pyridine rings is 1. The minimum atomic E-state index is -0.541. The Balaban J connectivity index is 1.78. The lowest BCUT2D eigenvalue weighted by atomic mass is 10.00. The molecule has 30 heavy (non-hydrogen) atoms. The molecule has 158 valence electrons. The average molecular weight is 409 g/mol. The molecular formula is C22H27N5O3. The summed E-state index contributed by atoms with van der Waals surface area (Å²) in [6.07, 6.45) is 6.55. The van der Waals surface area contributed by atoms with Crippen molar-refractivity contribution in [2.45, 2.75) is 33.6 Å². The molecule has 1 saturated carbocycles. The van der Waals surface area contributed by atoms with E-state index in [9.17, 15) is 4.79 Å². The number of hydrogen-bond donors (Lipinski definition) is 2. The highest BCUT2D eigenvalue weighted by Gasteiger charge is 2.52. The molecule has 0 aliphatic heterocycles. The van der Waals surface area contributed by atoms with Crippen LogP contribution in [-0.2, 0) is 9.53 Å². The summed E-state index contributed by atoms with van der Waals surface area (Å²) >= 11 is 0. The molecule has 0 atom stereocenters. The van der Waals surface area contributed by atoms with Gasteiger partial charge in [0.05, 0.1) is 6.61 Å². The Bertz CT molecular complexity index is 952. The molecule has 1 fully saturated rings. The molecule has 2 aromatic heterocycles. The SMILES string of the molecule is C=C(C)c1cc(OCC2(C(=O)OCC)CC2)ncc1-c1cnc(C(=N)NCC)nc1. The maximum absolute atomic E-state index is 12.1. The van der Waals surface area contributed by atoms with E-state index in [0.717, 1.165) is 35.1 Å². The normalized spacial score (nSPS) is 14.0. The van der Waals surface area contributed by atoms with Crippen LogP contribution in [0.2, 0.25) is 0 Å². The first-order valence-electron chi connectivity index (χ1n) is 10.0. The molecule has 0 amide bonds. The number of esters is 1. The maximum atomic E-state index is 12.1. The second-order valence-corrected chi connectivity index (χ2v) is 7.34. The van der Waals surface area contributed by atoms with Gasteiger partial charge in [0.25, 0.3) is 0 Å². The van der Waals surface area contributed by atoms with Crippen LogP contribution >= 0.6 is 0 Å². The quantitative estimate of drug-likeness (QED) is 0.372. The first kappa shape index (κ1) is 21.4. The van der Waals surface area contributed by atoms with Gasteiger partial charge in [0, 0.05) is 42.3 Å². The molecule has 0 unspecified atom stereocenters. The largest absolute Gasteiger partial charge is 0.476 e. The number of carbonyl (C=O) groups is 1. The predicted octanol–water partition coefficient (Wildman–Crippen LogP) is 3.23. The molecule has 2 aromatic rings. The highest BCUT2D eigenvalue weighted by atomic mass is 16.5. The monoisotopic (exact) mass is 409 g/mol. The molecule has 0 aromatic carbocycles. The van der Waals surface area contributed by atoms with Gasteiger partial charge in [-0.05, 0) is 39.2 Å². The second kappa shape index (κ2) is 9.02. The number of hydrogen-bond acceptors (Lipinski definition) is 7. The van der Waals surface area contributed by atoms with Gasteiger partial charge < -0.3 is 14.8 Å². The second-order valence-electron chi connectivity index (χ2n) is 7.34. The summed E-state index contributed by atoms with van der Waals surface area (Å²) in [5.74, 6) is 0.738. The number of amidine groups is 1. The Morgan fingerprint density at radius 2 is 1.93 bits per heavy atom. The van der Waals surface area contributed by atoms with Gasteiger partial charge in [0.1, 0.15) is 12.0 Å². The zero-order chi connectivity index (χ0) is 21.7. The van der Waals surface area contributed by atoms with E-state index < -0.39 is 5.41 Å². The summed E-state index contributed by atoms with van der Waals surface area (Å²) in [6, 6.07) is 1.81. The molecule has 1 aliphatic rings. The van der Waals surface area contributed by atoms with Crippen molar-refractivity contribution < 1.29 is 14.3 Å². The Morgan fingerprint density at radius 3 is 2.50 bits per heavy atom. The lowest BCUT2D eigenvalue weighted by Gasteiger charge is -2.16. The molecule has 8 nitrogen and oxygen atoms in total. The van der Waals surface area contributed by atoms with Gasteiger partial charge >= 0.3 is 5.97 Å². The molecule has 0 spiro atoms. The van der Waals surface area contributed by atoms with Gasteiger partial charge in [-0.1, -0.05) is 12.2 Å². The van der Waals surface area contributed by atoms with Gasteiger partial charge in [-0.2, -0.15) is 0 Å². The van der Waals surface area contributed by atoms with Crippen molar-refractivity contribution in [1.82, 2.24) is 20.3 Å². The van der Waals surface area contributed by atoms with Crippen molar-refractivity contribution in [2.75, 3.05) is 19.8 Å². The number of ether oxygens (including phenoxy) is 2. The minimum absolute atomic E-state index is 0.182. The van der Waals surface area contributed by atoms with Crippen molar-refractivity contribution in [3.05, 3.63) is 42.6 Å². The third-order valence-electron chi connectivity index (χ3n) is 4.94. The molecule has 0 radical (unpaired) electrons. The van der Waals surface area contributed by atoms with Crippen molar-refractivity contribution in [2.24, 2.45) is 5.41 Å². The summed E-state index contributed by atoms with van der Waals surface area (Å²) in [5, 5.41) is 10.8. The van der Waals surface area contributed by atoms with E-state index in [0.29, 0.717) is 24.9 Å². The zero-order valence-corrected chi connectivity index (χ0v) is 17.6. The van der Waals surface area contributed by atoms with E-state index in [1.807, 2.05) is 19.9 Å². The molecule has 2 heterocycles. The van der Waals surface area contributed by atoms with Crippen molar-refractivity contribution in [1.29, 1.82) is 5.41 Å². The van der Waals surface area contributed by atoms with Crippen LogP contribution < -0.4 is 10.1 Å². The smallest absolute Gasteiger partial charge is 0.315 e. The molecule has 0 bridgehead atoms. The lowest BCUT2D eigenvalue weighted by molar-refractivity contribution is -0.150. The van der Waals surface area contributed by atoms with Crippen LogP contribution in [0.15, 0.2) is 31.2 Å². The number of rotatable bonds is 9. The number of allylic oxidation sites excluding steroid dienone is 1. The standard InChI is InChI=1S/C22H27N5O3/c1-5-24-19(23)20-26-10-15(11-27-20)17-12-25-18(9-16(17)14(3)4)30-13-22(7-8-22)21(28)29-6-2/h9-12H,3,5-8,13H2,1-2,4H3,(H2,23,24). The van der Waals surface area contributed by atoms with Gasteiger partial charge in [0.2, 0.25) is 5.88 Å². The number of carbonyl (C=O) groups excluding carboxylic acids is 1. The van der Waals surface area contributed by atoms with E-state index in [4.69, 9.17) is 14.9 Å². The number of nitrogens with zero attached hydrogens (tertiary/aromatic N) is 3. The van der Waals surface area contributed by atoms with E-state index >= 15 is 0 Å². The molecular weight excluding hydrogens is 382 g/mol. The first-order chi connectivity index (χ1) is 14.4. The summed E-state index contributed by atoms with van der Waals surface area (Å²) in [7, 11) is 0. The topological polar surface area (TPSA) is 110 Å². The van der Waals surface area contributed by atoms with Crippen molar-refractivity contribution in [3.63, 3.8) is 0 Å². The molecule has 0 saturated heterocycles. The third-order valence-corrected chi connectivity index (χ3v) is 4.94. The summed E-state index contributed by atoms with van der Waals surface area (Å²) in [6.45, 7) is 10.9. The van der Waals surface area contributed by atoms with Crippen molar-refractivity contribution in [3.8, 4) is 17.0 Å². The summed E-state index contributed by atoms with van der Waals surface area (Å²) < 4.78 is 11.0. The predicted molar refractivity (Wildman–Crippen MR) is 114 cm³/mol. The van der Waals surface area contributed by atoms with Gasteiger partial charge in [-0.3, -0.25) is 10.2 Å². The van der Waals surface area contributed by atoms with E-state index in [1.54, 1.807) is 25.5 Å². The fourth-order valence-electron chi connectivity index (χ4n) is 3.00. The Kier molecular flexibility index (Phi) is 6.44. The first-order valence-corrected chi connectivity index (χ1v) is 10.0. The van der Waals surface area contributed by atoms with Crippen LogP contribution in [0.25, 0.3) is 16.7 Å². The van der Waals surface area contributed by atoms with Gasteiger partial charge in [-0.15, -0.1) is 0 Å². The highest BCUT2D eigenvalue weighted by molar-refractivity contribution is 5.92. The van der Waals surface area contributed by atoms with Crippen LogP contribution in [0.3, 0.4) is 0 Å².